The van der Waals surface area contributed by atoms with E-state index in [1.165, 1.54) is 17.7 Å². The van der Waals surface area contributed by atoms with Gasteiger partial charge in [-0.2, -0.15) is 0 Å². The summed E-state index contributed by atoms with van der Waals surface area (Å²) in [6.07, 6.45) is 4.55. The zero-order valence-electron chi connectivity index (χ0n) is 12.6. The van der Waals surface area contributed by atoms with E-state index in [9.17, 15) is 4.79 Å². The maximum Gasteiger partial charge on any atom is 0.253 e. The Kier molecular flexibility index (Phi) is 3.68. The van der Waals surface area contributed by atoms with Gasteiger partial charge < -0.3 is 9.80 Å². The Labute approximate surface area is 121 Å². The normalized spacial score (nSPS) is 19.9. The van der Waals surface area contributed by atoms with Crippen LogP contribution in [0.1, 0.15) is 42.1 Å². The highest BCUT2D eigenvalue weighted by atomic mass is 16.2. The summed E-state index contributed by atoms with van der Waals surface area (Å²) >= 11 is 0. The number of nitrogens with zero attached hydrogens (tertiary/aromatic N) is 2. The van der Waals surface area contributed by atoms with Crippen molar-refractivity contribution in [2.24, 2.45) is 5.92 Å². The summed E-state index contributed by atoms with van der Waals surface area (Å²) in [5.41, 5.74) is 3.49. The molecule has 0 atom stereocenters. The third kappa shape index (κ3) is 2.54. The molecule has 2 aliphatic rings. The van der Waals surface area contributed by atoms with Crippen molar-refractivity contribution in [3.63, 3.8) is 0 Å². The molecule has 0 spiro atoms. The summed E-state index contributed by atoms with van der Waals surface area (Å²) in [5.74, 6) is 0.976. The second-order valence-corrected chi connectivity index (χ2v) is 6.34. The van der Waals surface area contributed by atoms with Gasteiger partial charge in [-0.3, -0.25) is 4.79 Å². The number of likely N-dealkylation sites (tertiary alicyclic amines) is 1. The van der Waals surface area contributed by atoms with Gasteiger partial charge in [0, 0.05) is 37.9 Å². The Morgan fingerprint density at radius 2 is 1.95 bits per heavy atom. The van der Waals surface area contributed by atoms with Gasteiger partial charge >= 0.3 is 0 Å². The topological polar surface area (TPSA) is 23.6 Å². The molecule has 20 heavy (non-hydrogen) atoms. The minimum Gasteiger partial charge on any atom is -0.374 e. The van der Waals surface area contributed by atoms with Crippen molar-refractivity contribution in [1.82, 2.24) is 4.90 Å². The van der Waals surface area contributed by atoms with Crippen molar-refractivity contribution in [2.45, 2.75) is 32.6 Å². The van der Waals surface area contributed by atoms with Crippen LogP contribution in [0.2, 0.25) is 0 Å². The van der Waals surface area contributed by atoms with Gasteiger partial charge in [-0.15, -0.1) is 0 Å². The van der Waals surface area contributed by atoms with E-state index in [1.54, 1.807) is 0 Å². The van der Waals surface area contributed by atoms with Crippen LogP contribution in [-0.4, -0.2) is 37.5 Å². The Hall–Kier alpha value is -1.51. The maximum absolute atomic E-state index is 12.6. The molecule has 0 N–H and O–H groups in total. The first-order chi connectivity index (χ1) is 9.65. The van der Waals surface area contributed by atoms with Crippen molar-refractivity contribution in [3.8, 4) is 0 Å². The van der Waals surface area contributed by atoms with E-state index in [1.807, 2.05) is 11.0 Å². The third-order valence-corrected chi connectivity index (χ3v) is 4.75. The van der Waals surface area contributed by atoms with Crippen LogP contribution >= 0.6 is 0 Å². The van der Waals surface area contributed by atoms with E-state index >= 15 is 0 Å². The molecule has 1 aromatic rings. The first-order valence-corrected chi connectivity index (χ1v) is 7.78. The number of hydrogen-bond donors (Lipinski definition) is 0. The van der Waals surface area contributed by atoms with Crippen LogP contribution in [0, 0.1) is 5.92 Å². The number of benzene rings is 1. The third-order valence-electron chi connectivity index (χ3n) is 4.75. The average Bonchev–Trinajstić information content (AvgIpc) is 2.47. The molecule has 108 valence electrons. The van der Waals surface area contributed by atoms with E-state index in [2.05, 4.69) is 31.0 Å². The predicted octanol–water partition coefficient (Wildman–Crippen LogP) is 2.94. The highest BCUT2D eigenvalue weighted by Crippen LogP contribution is 2.27. The summed E-state index contributed by atoms with van der Waals surface area (Å²) < 4.78 is 0. The minimum atomic E-state index is 0.216. The minimum absolute atomic E-state index is 0.216. The van der Waals surface area contributed by atoms with E-state index in [-0.39, 0.29) is 5.91 Å². The number of rotatable bonds is 1. The smallest absolute Gasteiger partial charge is 0.253 e. The zero-order chi connectivity index (χ0) is 14.1. The summed E-state index contributed by atoms with van der Waals surface area (Å²) in [6.45, 7) is 5.22. The number of amides is 1. The second-order valence-electron chi connectivity index (χ2n) is 6.34. The fourth-order valence-corrected chi connectivity index (χ4v) is 3.31. The molecule has 0 aliphatic carbocycles. The Bertz CT molecular complexity index is 504. The predicted molar refractivity (Wildman–Crippen MR) is 82.3 cm³/mol. The van der Waals surface area contributed by atoms with Crippen molar-refractivity contribution < 1.29 is 4.79 Å². The molecule has 3 rings (SSSR count). The number of hydrogen-bond acceptors (Lipinski definition) is 2. The number of fused-ring (bicyclic) bond motifs is 1. The lowest BCUT2D eigenvalue weighted by molar-refractivity contribution is 0.0697. The molecule has 0 radical (unpaired) electrons. The van der Waals surface area contributed by atoms with E-state index < -0.39 is 0 Å². The summed E-state index contributed by atoms with van der Waals surface area (Å²) in [7, 11) is 2.13. The van der Waals surface area contributed by atoms with Gasteiger partial charge in [0.2, 0.25) is 0 Å². The number of carbonyl (C=O) groups excluding carboxylic acids is 1. The van der Waals surface area contributed by atoms with Crippen LogP contribution in [0.3, 0.4) is 0 Å². The number of aryl methyl sites for hydroxylation is 1. The van der Waals surface area contributed by atoms with Gasteiger partial charge in [-0.05, 0) is 55.4 Å². The molecule has 1 fully saturated rings. The van der Waals surface area contributed by atoms with Gasteiger partial charge in [0.05, 0.1) is 0 Å². The molecule has 1 saturated heterocycles. The lowest BCUT2D eigenvalue weighted by atomic mass is 9.97. The molecule has 2 aliphatic heterocycles. The van der Waals surface area contributed by atoms with E-state index in [4.69, 9.17) is 0 Å². The van der Waals surface area contributed by atoms with Crippen molar-refractivity contribution in [2.75, 3.05) is 31.6 Å². The number of anilines is 1. The molecule has 2 heterocycles. The molecule has 3 nitrogen and oxygen atoms in total. The van der Waals surface area contributed by atoms with Gasteiger partial charge in [-0.1, -0.05) is 6.92 Å². The molecular weight excluding hydrogens is 248 g/mol. The lowest BCUT2D eigenvalue weighted by Gasteiger charge is -2.31. The first kappa shape index (κ1) is 13.5. The molecule has 1 amide bonds. The molecule has 0 saturated carbocycles. The average molecular weight is 272 g/mol. The maximum atomic E-state index is 12.6. The summed E-state index contributed by atoms with van der Waals surface area (Å²) in [6, 6.07) is 6.24. The van der Waals surface area contributed by atoms with Gasteiger partial charge in [-0.25, -0.2) is 0 Å². The first-order valence-electron chi connectivity index (χ1n) is 7.78. The van der Waals surface area contributed by atoms with Crippen molar-refractivity contribution in [3.05, 3.63) is 29.3 Å². The second kappa shape index (κ2) is 5.47. The van der Waals surface area contributed by atoms with Crippen LogP contribution in [-0.2, 0) is 6.42 Å². The molecule has 0 aromatic heterocycles. The van der Waals surface area contributed by atoms with Gasteiger partial charge in [0.15, 0.2) is 0 Å². The monoisotopic (exact) mass is 272 g/mol. The van der Waals surface area contributed by atoms with Crippen LogP contribution < -0.4 is 4.90 Å². The quantitative estimate of drug-likeness (QED) is 0.785. The van der Waals surface area contributed by atoms with Crippen LogP contribution in [0.15, 0.2) is 18.2 Å². The molecule has 1 aromatic carbocycles. The van der Waals surface area contributed by atoms with Crippen LogP contribution in [0.4, 0.5) is 5.69 Å². The molecular formula is C17H24N2O. The lowest BCUT2D eigenvalue weighted by Crippen LogP contribution is -2.38. The standard InChI is InChI=1S/C17H24N2O/c1-13-7-10-19(11-8-13)17(20)15-5-6-16-14(12-15)4-3-9-18(16)2/h5-6,12-13H,3-4,7-11H2,1-2H3. The van der Waals surface area contributed by atoms with Crippen molar-refractivity contribution in [1.29, 1.82) is 0 Å². The highest BCUT2D eigenvalue weighted by molar-refractivity contribution is 5.95. The summed E-state index contributed by atoms with van der Waals surface area (Å²) in [5, 5.41) is 0. The van der Waals surface area contributed by atoms with Crippen LogP contribution in [0.5, 0.6) is 0 Å². The Morgan fingerprint density at radius 3 is 2.70 bits per heavy atom. The van der Waals surface area contributed by atoms with E-state index in [0.717, 1.165) is 50.4 Å². The number of piperidine rings is 1. The zero-order valence-corrected chi connectivity index (χ0v) is 12.6. The Balaban J connectivity index is 1.78. The fraction of sp³-hybridized carbons (Fsp3) is 0.588. The number of carbonyl (C=O) groups is 1. The fourth-order valence-electron chi connectivity index (χ4n) is 3.31. The summed E-state index contributed by atoms with van der Waals surface area (Å²) in [4.78, 5) is 16.9. The Morgan fingerprint density at radius 1 is 1.20 bits per heavy atom. The molecule has 3 heteroatoms. The molecule has 0 unspecified atom stereocenters. The van der Waals surface area contributed by atoms with E-state index in [0.29, 0.717) is 0 Å². The highest BCUT2D eigenvalue weighted by Gasteiger charge is 2.23. The van der Waals surface area contributed by atoms with Gasteiger partial charge in [0.25, 0.3) is 5.91 Å². The van der Waals surface area contributed by atoms with Crippen molar-refractivity contribution >= 4 is 11.6 Å². The van der Waals surface area contributed by atoms with Crippen LogP contribution in [0.25, 0.3) is 0 Å². The van der Waals surface area contributed by atoms with Gasteiger partial charge in [0.1, 0.15) is 0 Å². The SMILES string of the molecule is CC1CCN(C(=O)c2ccc3c(c2)CCCN3C)CC1. The molecule has 0 bridgehead atoms. The largest absolute Gasteiger partial charge is 0.374 e.